The maximum Gasteiger partial charge on any atom is 0.142 e. The molecule has 0 saturated heterocycles. The summed E-state index contributed by atoms with van der Waals surface area (Å²) in [6, 6.07) is 14.0. The summed E-state index contributed by atoms with van der Waals surface area (Å²) in [6.07, 6.45) is 6.90. The van der Waals surface area contributed by atoms with E-state index in [0.717, 1.165) is 44.4 Å². The summed E-state index contributed by atoms with van der Waals surface area (Å²) in [5.41, 5.74) is 10.7. The number of nitrogens with zero attached hydrogens (tertiary/aromatic N) is 4. The SMILES string of the molecule is COc1cc(-c2cnn(C)c2C)ccc1Nc1cc2cc(C(C=NCC(C)(C)O)=CN)ccc2cn1. The molecule has 0 unspecified atom stereocenters. The minimum Gasteiger partial charge on any atom is -0.495 e. The first-order chi connectivity index (χ1) is 17.2. The van der Waals surface area contributed by atoms with Crippen molar-refractivity contribution in [2.24, 2.45) is 17.8 Å². The molecule has 2 heterocycles. The quantitative estimate of drug-likeness (QED) is 0.309. The van der Waals surface area contributed by atoms with Crippen LogP contribution < -0.4 is 15.8 Å². The zero-order chi connectivity index (χ0) is 25.9. The number of aliphatic imine (C=N–C) groups is 1. The number of methoxy groups -OCH3 is 1. The van der Waals surface area contributed by atoms with Crippen molar-refractivity contribution in [1.29, 1.82) is 0 Å². The number of allylic oxidation sites excluding steroid dienone is 1. The van der Waals surface area contributed by atoms with E-state index in [2.05, 4.69) is 20.4 Å². The highest BCUT2D eigenvalue weighted by molar-refractivity contribution is 6.10. The summed E-state index contributed by atoms with van der Waals surface area (Å²) in [6.45, 7) is 5.77. The van der Waals surface area contributed by atoms with Gasteiger partial charge in [-0.3, -0.25) is 9.67 Å². The Labute approximate surface area is 211 Å². The molecule has 0 aliphatic heterocycles. The zero-order valence-electron chi connectivity index (χ0n) is 21.3. The number of benzene rings is 2. The lowest BCUT2D eigenvalue weighted by Gasteiger charge is -2.14. The van der Waals surface area contributed by atoms with Gasteiger partial charge in [0.1, 0.15) is 11.6 Å². The van der Waals surface area contributed by atoms with Gasteiger partial charge in [-0.15, -0.1) is 0 Å². The maximum absolute atomic E-state index is 9.90. The third kappa shape index (κ3) is 5.55. The second-order valence-electron chi connectivity index (χ2n) is 9.34. The van der Waals surface area contributed by atoms with Gasteiger partial charge in [0, 0.05) is 47.9 Å². The fourth-order valence-electron chi connectivity index (χ4n) is 3.85. The van der Waals surface area contributed by atoms with Crippen molar-refractivity contribution in [3.8, 4) is 16.9 Å². The number of rotatable bonds is 8. The van der Waals surface area contributed by atoms with Gasteiger partial charge >= 0.3 is 0 Å². The Morgan fingerprint density at radius 1 is 1.17 bits per heavy atom. The molecule has 4 aromatic rings. The Balaban J connectivity index is 1.61. The normalized spacial score (nSPS) is 12.4. The van der Waals surface area contributed by atoms with Crippen molar-refractivity contribution in [2.45, 2.75) is 26.4 Å². The van der Waals surface area contributed by atoms with E-state index in [0.29, 0.717) is 11.6 Å². The summed E-state index contributed by atoms with van der Waals surface area (Å²) in [5.74, 6) is 1.40. The van der Waals surface area contributed by atoms with Gasteiger partial charge in [-0.25, -0.2) is 4.98 Å². The Kier molecular flexibility index (Phi) is 7.07. The number of aryl methyl sites for hydroxylation is 1. The lowest BCUT2D eigenvalue weighted by molar-refractivity contribution is 0.0906. The van der Waals surface area contributed by atoms with Crippen molar-refractivity contribution in [2.75, 3.05) is 19.0 Å². The molecule has 0 amide bonds. The largest absolute Gasteiger partial charge is 0.495 e. The van der Waals surface area contributed by atoms with Gasteiger partial charge in [0.2, 0.25) is 0 Å². The van der Waals surface area contributed by atoms with Crippen LogP contribution >= 0.6 is 0 Å². The summed E-state index contributed by atoms with van der Waals surface area (Å²) < 4.78 is 7.52. The number of ether oxygens (including phenoxy) is 1. The van der Waals surface area contributed by atoms with Crippen molar-refractivity contribution >= 4 is 34.1 Å². The number of hydrogen-bond donors (Lipinski definition) is 3. The molecular formula is C28H32N6O2. The number of aromatic nitrogens is 3. The third-order valence-electron chi connectivity index (χ3n) is 5.95. The molecule has 0 aliphatic rings. The van der Waals surface area contributed by atoms with E-state index >= 15 is 0 Å². The number of hydrogen-bond acceptors (Lipinski definition) is 7. The number of anilines is 2. The lowest BCUT2D eigenvalue weighted by atomic mass is 10.0. The van der Waals surface area contributed by atoms with Gasteiger partial charge in [-0.1, -0.05) is 18.2 Å². The van der Waals surface area contributed by atoms with Gasteiger partial charge in [0.15, 0.2) is 0 Å². The van der Waals surface area contributed by atoms with E-state index in [4.69, 9.17) is 10.5 Å². The van der Waals surface area contributed by atoms with E-state index in [1.165, 1.54) is 6.20 Å². The van der Waals surface area contributed by atoms with Crippen molar-refractivity contribution in [1.82, 2.24) is 14.8 Å². The topological polar surface area (TPSA) is 111 Å². The molecule has 0 atom stereocenters. The Morgan fingerprint density at radius 3 is 2.64 bits per heavy atom. The fourth-order valence-corrected chi connectivity index (χ4v) is 3.85. The highest BCUT2D eigenvalue weighted by atomic mass is 16.5. The fraction of sp³-hybridized carbons (Fsp3) is 0.250. The Hall–Kier alpha value is -4.17. The predicted molar refractivity (Wildman–Crippen MR) is 147 cm³/mol. The third-order valence-corrected chi connectivity index (χ3v) is 5.95. The standard InChI is InChI=1S/C28H32N6O2/c1-18-24(16-32-34(18)4)20-8-9-25(26(11-20)36-5)33-27-12-22-10-19(6-7-21(22)15-31-27)23(13-29)14-30-17-28(2,3)35/h6-16,35H,17,29H2,1-5H3,(H,31,33). The van der Waals surface area contributed by atoms with Crippen LogP contribution in [0.15, 0.2) is 66.1 Å². The molecular weight excluding hydrogens is 452 g/mol. The van der Waals surface area contributed by atoms with Crippen LogP contribution in [-0.4, -0.2) is 45.3 Å². The summed E-state index contributed by atoms with van der Waals surface area (Å²) in [7, 11) is 3.58. The van der Waals surface area contributed by atoms with E-state index in [9.17, 15) is 5.11 Å². The lowest BCUT2D eigenvalue weighted by Crippen LogP contribution is -2.22. The van der Waals surface area contributed by atoms with E-state index in [1.807, 2.05) is 73.5 Å². The molecule has 4 rings (SSSR count). The van der Waals surface area contributed by atoms with Crippen LogP contribution in [0.1, 0.15) is 25.1 Å². The van der Waals surface area contributed by atoms with E-state index in [-0.39, 0.29) is 6.54 Å². The van der Waals surface area contributed by atoms with E-state index < -0.39 is 5.60 Å². The average Bonchev–Trinajstić information content (AvgIpc) is 3.19. The van der Waals surface area contributed by atoms with Crippen LogP contribution in [0.25, 0.3) is 27.5 Å². The molecule has 8 heteroatoms. The van der Waals surface area contributed by atoms with Gasteiger partial charge in [0.25, 0.3) is 0 Å². The minimum atomic E-state index is -0.873. The van der Waals surface area contributed by atoms with Gasteiger partial charge in [0.05, 0.1) is 31.1 Å². The monoisotopic (exact) mass is 484 g/mol. The van der Waals surface area contributed by atoms with Gasteiger partial charge < -0.3 is 20.9 Å². The molecule has 4 N–H and O–H groups in total. The first-order valence-corrected chi connectivity index (χ1v) is 11.7. The molecule has 0 spiro atoms. The van der Waals surface area contributed by atoms with Gasteiger partial charge in [-0.05, 0) is 61.5 Å². The molecule has 0 saturated carbocycles. The number of aliphatic hydroxyl groups is 1. The molecule has 8 nitrogen and oxygen atoms in total. The summed E-state index contributed by atoms with van der Waals surface area (Å²) >= 11 is 0. The number of pyridine rings is 1. The second kappa shape index (κ2) is 10.2. The molecule has 2 aromatic carbocycles. The maximum atomic E-state index is 9.90. The molecule has 0 aliphatic carbocycles. The molecule has 0 fully saturated rings. The van der Waals surface area contributed by atoms with Crippen molar-refractivity contribution in [3.63, 3.8) is 0 Å². The predicted octanol–water partition coefficient (Wildman–Crippen LogP) is 4.84. The van der Waals surface area contributed by atoms with Crippen LogP contribution in [0.4, 0.5) is 11.5 Å². The smallest absolute Gasteiger partial charge is 0.142 e. The average molecular weight is 485 g/mol. The molecule has 36 heavy (non-hydrogen) atoms. The van der Waals surface area contributed by atoms with Crippen LogP contribution in [0.5, 0.6) is 5.75 Å². The van der Waals surface area contributed by atoms with Crippen LogP contribution in [0.2, 0.25) is 0 Å². The van der Waals surface area contributed by atoms with Crippen LogP contribution in [-0.2, 0) is 7.05 Å². The summed E-state index contributed by atoms with van der Waals surface area (Å²) in [5, 5.41) is 19.6. The first kappa shape index (κ1) is 24.9. The molecule has 186 valence electrons. The minimum absolute atomic E-state index is 0.289. The van der Waals surface area contributed by atoms with Crippen LogP contribution in [0.3, 0.4) is 0 Å². The molecule has 2 aromatic heterocycles. The molecule has 0 radical (unpaired) electrons. The van der Waals surface area contributed by atoms with Crippen molar-refractivity contribution in [3.05, 3.63) is 72.3 Å². The summed E-state index contributed by atoms with van der Waals surface area (Å²) in [4.78, 5) is 8.90. The second-order valence-corrected chi connectivity index (χ2v) is 9.34. The Bertz CT molecular complexity index is 1450. The first-order valence-electron chi connectivity index (χ1n) is 11.7. The van der Waals surface area contributed by atoms with Gasteiger partial charge in [-0.2, -0.15) is 5.10 Å². The number of nitrogens with two attached hydrogens (primary N) is 1. The highest BCUT2D eigenvalue weighted by Crippen LogP contribution is 2.34. The Morgan fingerprint density at radius 2 is 1.97 bits per heavy atom. The van der Waals surface area contributed by atoms with Crippen LogP contribution in [0, 0.1) is 6.92 Å². The zero-order valence-corrected chi connectivity index (χ0v) is 21.3. The highest BCUT2D eigenvalue weighted by Gasteiger charge is 2.12. The van der Waals surface area contributed by atoms with E-state index in [1.54, 1.807) is 27.2 Å². The molecule has 0 bridgehead atoms. The number of nitrogens with one attached hydrogen (secondary N) is 1. The number of fused-ring (bicyclic) bond motifs is 1. The van der Waals surface area contributed by atoms with Crippen molar-refractivity contribution < 1.29 is 9.84 Å².